The van der Waals surface area contributed by atoms with E-state index in [1.165, 1.54) is 84.2 Å². The van der Waals surface area contributed by atoms with Gasteiger partial charge in [0.15, 0.2) is 11.5 Å². The normalized spacial score (nSPS) is 11.0. The maximum atomic E-state index is 12.0. The van der Waals surface area contributed by atoms with Gasteiger partial charge in [-0.05, 0) is 43.9 Å². The summed E-state index contributed by atoms with van der Waals surface area (Å²) in [6.45, 7) is 1.90. The first-order valence-electron chi connectivity index (χ1n) is 15.4. The highest BCUT2D eigenvalue weighted by atomic mass is 16.5. The molecule has 0 aliphatic carbocycles. The molecule has 220 valence electrons. The Bertz CT molecular complexity index is 678. The molecule has 0 spiro atoms. The molecule has 6 nitrogen and oxygen atoms in total. The Morgan fingerprint density at radius 2 is 0.921 bits per heavy atom. The van der Waals surface area contributed by atoms with Crippen molar-refractivity contribution >= 4 is 5.97 Å². The molecule has 0 aromatic heterocycles. The quantitative estimate of drug-likeness (QED) is 0.0875. The Morgan fingerprint density at radius 3 is 1.32 bits per heavy atom. The van der Waals surface area contributed by atoms with E-state index in [0.717, 1.165) is 51.4 Å². The third-order valence-corrected chi connectivity index (χ3v) is 6.98. The zero-order chi connectivity index (χ0) is 27.5. The summed E-state index contributed by atoms with van der Waals surface area (Å²) in [4.78, 5) is 12.0. The summed E-state index contributed by atoms with van der Waals surface area (Å²) >= 11 is 0. The number of aliphatic hydroxyl groups excluding tert-OH is 2. The molecule has 0 aliphatic heterocycles. The van der Waals surface area contributed by atoms with Gasteiger partial charge >= 0.3 is 5.97 Å². The lowest BCUT2D eigenvalue weighted by atomic mass is 10.1. The molecule has 38 heavy (non-hydrogen) atoms. The Morgan fingerprint density at radius 1 is 0.553 bits per heavy atom. The molecule has 1 aromatic rings. The van der Waals surface area contributed by atoms with E-state index in [1.54, 1.807) is 12.1 Å². The zero-order valence-electron chi connectivity index (χ0n) is 24.2. The predicted octanol–water partition coefficient (Wildman–Crippen LogP) is 8.02. The second kappa shape index (κ2) is 25.5. The van der Waals surface area contributed by atoms with Gasteiger partial charge in [-0.3, -0.25) is 0 Å². The highest BCUT2D eigenvalue weighted by molar-refractivity contribution is 5.90. The topological polar surface area (TPSA) is 85.2 Å². The minimum Gasteiger partial charge on any atom is -0.490 e. The first-order valence-corrected chi connectivity index (χ1v) is 15.4. The van der Waals surface area contributed by atoms with Crippen LogP contribution in [-0.2, 0) is 4.74 Å². The fourth-order valence-electron chi connectivity index (χ4n) is 4.61. The molecule has 6 heteroatoms. The maximum absolute atomic E-state index is 12.0. The van der Waals surface area contributed by atoms with Crippen LogP contribution in [0.1, 0.15) is 139 Å². The highest BCUT2D eigenvalue weighted by Crippen LogP contribution is 2.29. The fraction of sp³-hybridized carbons (Fsp3) is 0.781. The summed E-state index contributed by atoms with van der Waals surface area (Å²) in [6.07, 6.45) is 23.6. The van der Waals surface area contributed by atoms with E-state index in [-0.39, 0.29) is 5.97 Å². The van der Waals surface area contributed by atoms with Gasteiger partial charge in [0.2, 0.25) is 0 Å². The number of aliphatic hydroxyl groups is 2. The lowest BCUT2D eigenvalue weighted by Gasteiger charge is -2.14. The molecule has 0 aliphatic rings. The first-order chi connectivity index (χ1) is 18.7. The van der Waals surface area contributed by atoms with Crippen molar-refractivity contribution in [3.8, 4) is 11.5 Å². The molecular weight excluding hydrogens is 480 g/mol. The summed E-state index contributed by atoms with van der Waals surface area (Å²) in [5, 5.41) is 17.6. The number of carbonyl (C=O) groups is 1. The number of unbranched alkanes of at least 4 members (excludes halogenated alkanes) is 18. The summed E-state index contributed by atoms with van der Waals surface area (Å²) < 4.78 is 16.9. The molecule has 2 N–H and O–H groups in total. The van der Waals surface area contributed by atoms with Crippen molar-refractivity contribution < 1.29 is 29.2 Å². The largest absolute Gasteiger partial charge is 0.490 e. The molecule has 0 heterocycles. The molecule has 0 saturated heterocycles. The molecule has 0 fully saturated rings. The van der Waals surface area contributed by atoms with Gasteiger partial charge in [-0.1, -0.05) is 103 Å². The van der Waals surface area contributed by atoms with Crippen LogP contribution in [0.15, 0.2) is 18.2 Å². The summed E-state index contributed by atoms with van der Waals surface area (Å²) in [6, 6.07) is 5.29. The van der Waals surface area contributed by atoms with Crippen molar-refractivity contribution in [2.75, 3.05) is 33.5 Å². The van der Waals surface area contributed by atoms with E-state index in [2.05, 4.69) is 0 Å². The summed E-state index contributed by atoms with van der Waals surface area (Å²) in [7, 11) is 1.39. The van der Waals surface area contributed by atoms with E-state index in [0.29, 0.717) is 43.5 Å². The Hall–Kier alpha value is -1.79. The van der Waals surface area contributed by atoms with Gasteiger partial charge in [-0.15, -0.1) is 0 Å². The van der Waals surface area contributed by atoms with Crippen LogP contribution in [0.5, 0.6) is 11.5 Å². The minimum atomic E-state index is -0.369. The van der Waals surface area contributed by atoms with Crippen molar-refractivity contribution in [3.05, 3.63) is 23.8 Å². The van der Waals surface area contributed by atoms with E-state index < -0.39 is 0 Å². The zero-order valence-corrected chi connectivity index (χ0v) is 24.2. The van der Waals surface area contributed by atoms with E-state index >= 15 is 0 Å². The van der Waals surface area contributed by atoms with Crippen molar-refractivity contribution in [2.45, 2.75) is 128 Å². The van der Waals surface area contributed by atoms with Gasteiger partial charge in [0.1, 0.15) is 0 Å². The van der Waals surface area contributed by atoms with Gasteiger partial charge < -0.3 is 24.4 Å². The number of rotatable bonds is 27. The van der Waals surface area contributed by atoms with E-state index in [9.17, 15) is 4.79 Å². The van der Waals surface area contributed by atoms with Crippen LogP contribution in [-0.4, -0.2) is 49.7 Å². The average Bonchev–Trinajstić information content (AvgIpc) is 2.94. The van der Waals surface area contributed by atoms with Gasteiger partial charge in [0.25, 0.3) is 0 Å². The number of hydrogen-bond acceptors (Lipinski definition) is 6. The fourth-order valence-corrected chi connectivity index (χ4v) is 4.61. The Labute approximate surface area is 232 Å². The van der Waals surface area contributed by atoms with Crippen molar-refractivity contribution in [2.24, 2.45) is 0 Å². The average molecular weight is 537 g/mol. The van der Waals surface area contributed by atoms with Crippen LogP contribution in [0.3, 0.4) is 0 Å². The van der Waals surface area contributed by atoms with E-state index in [1.807, 2.05) is 6.07 Å². The summed E-state index contributed by atoms with van der Waals surface area (Å²) in [5.74, 6) is 0.949. The number of esters is 1. The number of ether oxygens (including phenoxy) is 3. The molecule has 1 rings (SSSR count). The van der Waals surface area contributed by atoms with Gasteiger partial charge in [0, 0.05) is 13.2 Å². The molecule has 0 radical (unpaired) electrons. The molecule has 0 atom stereocenters. The molecule has 0 bridgehead atoms. The standard InChI is InChI=1S/C32H56O6/c1-36-32(35)29-22-23-30(37-26-20-16-12-8-4-2-6-10-14-18-24-33)31(28-29)38-27-21-17-13-9-5-3-7-11-15-19-25-34/h22-23,28,33-34H,2-21,24-27H2,1H3. The van der Waals surface area contributed by atoms with Crippen LogP contribution in [0, 0.1) is 0 Å². The van der Waals surface area contributed by atoms with Gasteiger partial charge in [-0.2, -0.15) is 0 Å². The van der Waals surface area contributed by atoms with Gasteiger partial charge in [-0.25, -0.2) is 4.79 Å². The number of methoxy groups -OCH3 is 1. The van der Waals surface area contributed by atoms with Crippen molar-refractivity contribution in [1.29, 1.82) is 0 Å². The van der Waals surface area contributed by atoms with Crippen molar-refractivity contribution in [3.63, 3.8) is 0 Å². The molecule has 0 unspecified atom stereocenters. The molecule has 0 amide bonds. The SMILES string of the molecule is COC(=O)c1ccc(OCCCCCCCCCCCCO)c(OCCCCCCCCCCCCO)c1. The molecule has 0 saturated carbocycles. The third kappa shape index (κ3) is 18.5. The van der Waals surface area contributed by atoms with Crippen molar-refractivity contribution in [1.82, 2.24) is 0 Å². The van der Waals surface area contributed by atoms with Crippen LogP contribution in [0.25, 0.3) is 0 Å². The maximum Gasteiger partial charge on any atom is 0.337 e. The number of hydrogen-bond donors (Lipinski definition) is 2. The third-order valence-electron chi connectivity index (χ3n) is 6.98. The second-order valence-corrected chi connectivity index (χ2v) is 10.4. The minimum absolute atomic E-state index is 0.317. The molecule has 1 aromatic carbocycles. The monoisotopic (exact) mass is 536 g/mol. The summed E-state index contributed by atoms with van der Waals surface area (Å²) in [5.41, 5.74) is 0.477. The first kappa shape index (κ1) is 34.2. The Kier molecular flexibility index (Phi) is 23.0. The van der Waals surface area contributed by atoms with Gasteiger partial charge in [0.05, 0.1) is 25.9 Å². The van der Waals surface area contributed by atoms with Crippen LogP contribution in [0.2, 0.25) is 0 Å². The van der Waals surface area contributed by atoms with Crippen LogP contribution >= 0.6 is 0 Å². The lowest BCUT2D eigenvalue weighted by molar-refractivity contribution is 0.0600. The smallest absolute Gasteiger partial charge is 0.337 e. The van der Waals surface area contributed by atoms with Crippen LogP contribution in [0.4, 0.5) is 0 Å². The Balaban J connectivity index is 2.23. The predicted molar refractivity (Wildman–Crippen MR) is 155 cm³/mol. The molecular formula is C32H56O6. The lowest BCUT2D eigenvalue weighted by Crippen LogP contribution is -2.06. The van der Waals surface area contributed by atoms with E-state index in [4.69, 9.17) is 24.4 Å². The second-order valence-electron chi connectivity index (χ2n) is 10.4. The highest BCUT2D eigenvalue weighted by Gasteiger charge is 2.12. The van der Waals surface area contributed by atoms with Crippen LogP contribution < -0.4 is 9.47 Å². The number of carbonyl (C=O) groups excluding carboxylic acids is 1. The number of benzene rings is 1.